The summed E-state index contributed by atoms with van der Waals surface area (Å²) >= 11 is 3.97. The van der Waals surface area contributed by atoms with E-state index in [4.69, 9.17) is 18.5 Å². The van der Waals surface area contributed by atoms with Crippen molar-refractivity contribution in [1.82, 2.24) is 19.1 Å². The van der Waals surface area contributed by atoms with Gasteiger partial charge in [0, 0.05) is 36.4 Å². The van der Waals surface area contributed by atoms with Gasteiger partial charge >= 0.3 is 18.2 Å². The SMILES string of the molecule is Cc1cn([C@H]2C[C@@H](O)[C@@H](CO[P@](=O)(S)O[C@@H]3C[C@H](n4cc(C)c(=O)[nH]c4=O)O[C@@H]3CO)O2)c(=O)[nH]c1=O. The predicted octanol–water partition coefficient (Wildman–Crippen LogP) is -0.928. The van der Waals surface area contributed by atoms with Crippen LogP contribution in [0.15, 0.2) is 31.6 Å². The number of H-pyrrole nitrogens is 2. The van der Waals surface area contributed by atoms with E-state index in [1.165, 1.54) is 26.2 Å². The summed E-state index contributed by atoms with van der Waals surface area (Å²) in [7, 11) is 0. The van der Waals surface area contributed by atoms with Gasteiger partial charge in [-0.2, -0.15) is 0 Å². The molecular weight excluding hydrogens is 535 g/mol. The molecule has 0 aliphatic carbocycles. The molecule has 0 saturated carbocycles. The van der Waals surface area contributed by atoms with E-state index in [1.54, 1.807) is 0 Å². The number of aliphatic hydroxyl groups is 2. The third-order valence-corrected chi connectivity index (χ3v) is 7.79. The van der Waals surface area contributed by atoms with Crippen molar-refractivity contribution in [3.05, 3.63) is 65.2 Å². The first-order valence-electron chi connectivity index (χ1n) is 11.3. The minimum atomic E-state index is -4.08. The van der Waals surface area contributed by atoms with Crippen LogP contribution in [-0.2, 0) is 23.1 Å². The van der Waals surface area contributed by atoms with E-state index < -0.39 is 79.4 Å². The largest absolute Gasteiger partial charge is 0.394 e. The molecule has 2 aliphatic rings. The van der Waals surface area contributed by atoms with E-state index in [0.29, 0.717) is 0 Å². The lowest BCUT2D eigenvalue weighted by molar-refractivity contribution is -0.0510. The van der Waals surface area contributed by atoms with E-state index >= 15 is 0 Å². The second kappa shape index (κ2) is 10.8. The predicted molar refractivity (Wildman–Crippen MR) is 130 cm³/mol. The zero-order valence-corrected chi connectivity index (χ0v) is 21.6. The van der Waals surface area contributed by atoms with Gasteiger partial charge in [0.05, 0.1) is 19.3 Å². The van der Waals surface area contributed by atoms with Gasteiger partial charge in [0.1, 0.15) is 30.8 Å². The molecule has 2 aliphatic heterocycles. The van der Waals surface area contributed by atoms with Crippen molar-refractivity contribution in [2.75, 3.05) is 13.2 Å². The number of nitrogens with zero attached hydrogens (tertiary/aromatic N) is 2. The van der Waals surface area contributed by atoms with Gasteiger partial charge in [-0.05, 0) is 13.8 Å². The highest BCUT2D eigenvalue weighted by atomic mass is 32.7. The molecule has 17 heteroatoms. The molecule has 2 aromatic heterocycles. The molecule has 37 heavy (non-hydrogen) atoms. The van der Waals surface area contributed by atoms with Gasteiger partial charge in [-0.25, -0.2) is 14.2 Å². The quantitative estimate of drug-likeness (QED) is 0.196. The van der Waals surface area contributed by atoms with Gasteiger partial charge < -0.3 is 19.7 Å². The smallest absolute Gasteiger partial charge is 0.386 e. The Morgan fingerprint density at radius 3 is 2.05 bits per heavy atom. The van der Waals surface area contributed by atoms with Gasteiger partial charge in [-0.15, -0.1) is 0 Å². The van der Waals surface area contributed by atoms with Crippen LogP contribution in [0, 0.1) is 13.8 Å². The molecule has 0 bridgehead atoms. The average Bonchev–Trinajstić information content (AvgIpc) is 3.39. The van der Waals surface area contributed by atoms with Crippen LogP contribution in [0.25, 0.3) is 0 Å². The molecule has 204 valence electrons. The minimum absolute atomic E-state index is 0.00914. The van der Waals surface area contributed by atoms with Crippen LogP contribution in [0.2, 0.25) is 0 Å². The van der Waals surface area contributed by atoms with Crippen LogP contribution in [0.5, 0.6) is 0 Å². The van der Waals surface area contributed by atoms with Crippen molar-refractivity contribution in [2.24, 2.45) is 0 Å². The van der Waals surface area contributed by atoms with E-state index in [1.807, 2.05) is 0 Å². The molecule has 7 atom stereocenters. The lowest BCUT2D eigenvalue weighted by Gasteiger charge is -2.22. The Morgan fingerprint density at radius 2 is 1.51 bits per heavy atom. The van der Waals surface area contributed by atoms with Crippen molar-refractivity contribution in [3.8, 4) is 0 Å². The highest BCUT2D eigenvalue weighted by Crippen LogP contribution is 2.56. The van der Waals surface area contributed by atoms with Crippen LogP contribution in [0.3, 0.4) is 0 Å². The topological polar surface area (TPSA) is 204 Å². The number of aromatic amines is 2. The second-order valence-electron chi connectivity index (χ2n) is 8.85. The van der Waals surface area contributed by atoms with Gasteiger partial charge in [-0.3, -0.25) is 37.7 Å². The Balaban J connectivity index is 1.39. The van der Waals surface area contributed by atoms with Crippen molar-refractivity contribution in [2.45, 2.75) is 63.6 Å². The van der Waals surface area contributed by atoms with Crippen molar-refractivity contribution >= 4 is 19.0 Å². The Morgan fingerprint density at radius 1 is 1.00 bits per heavy atom. The molecular formula is C20H27N4O11PS. The number of hydrogen-bond donors (Lipinski definition) is 5. The number of nitrogens with one attached hydrogen (secondary N) is 2. The van der Waals surface area contributed by atoms with Crippen molar-refractivity contribution in [3.63, 3.8) is 0 Å². The number of hydrogen-bond acceptors (Lipinski definition) is 11. The first kappa shape index (κ1) is 27.7. The Kier molecular flexibility index (Phi) is 8.11. The molecule has 4 heterocycles. The molecule has 0 unspecified atom stereocenters. The van der Waals surface area contributed by atoms with Crippen LogP contribution < -0.4 is 22.5 Å². The van der Waals surface area contributed by atoms with Gasteiger partial charge in [0.25, 0.3) is 11.1 Å². The van der Waals surface area contributed by atoms with E-state index in [2.05, 4.69) is 22.2 Å². The summed E-state index contributed by atoms with van der Waals surface area (Å²) in [4.78, 5) is 51.8. The fourth-order valence-corrected chi connectivity index (χ4v) is 5.67. The van der Waals surface area contributed by atoms with Crippen LogP contribution in [-0.4, -0.2) is 66.9 Å². The van der Waals surface area contributed by atoms with Gasteiger partial charge in [0.15, 0.2) is 0 Å². The van der Waals surface area contributed by atoms with Crippen molar-refractivity contribution < 1.29 is 33.3 Å². The summed E-state index contributed by atoms with van der Waals surface area (Å²) in [6.45, 7) is -1.99. The molecule has 0 spiro atoms. The first-order chi connectivity index (χ1) is 17.4. The number of aliphatic hydroxyl groups excluding tert-OH is 2. The normalized spacial score (nSPS) is 29.4. The summed E-state index contributed by atoms with van der Waals surface area (Å²) < 4.78 is 37.3. The van der Waals surface area contributed by atoms with Gasteiger partial charge in [-0.1, -0.05) is 12.2 Å². The fourth-order valence-electron chi connectivity index (χ4n) is 4.15. The number of rotatable bonds is 8. The third-order valence-electron chi connectivity index (χ3n) is 6.15. The average molecular weight is 562 g/mol. The summed E-state index contributed by atoms with van der Waals surface area (Å²) in [6, 6.07) is 0. The molecule has 2 saturated heterocycles. The summed E-state index contributed by atoms with van der Waals surface area (Å²) in [6.07, 6.45) is -3.22. The van der Waals surface area contributed by atoms with E-state index in [-0.39, 0.29) is 24.0 Å². The van der Waals surface area contributed by atoms with Crippen molar-refractivity contribution in [1.29, 1.82) is 0 Å². The molecule has 4 N–H and O–H groups in total. The summed E-state index contributed by atoms with van der Waals surface area (Å²) in [5.41, 5.74) is -1.96. The minimum Gasteiger partial charge on any atom is -0.394 e. The standard InChI is InChI=1S/C20H27N4O11PS/c1-9-5-23(19(29)21-17(9)27)15-3-11(26)14(34-15)8-32-36(31,37)35-12-4-16(33-13(12)7-25)24-6-10(2)18(28)22-20(24)30/h5-6,11-16,25-26H,3-4,7-8H2,1-2H3,(H,31,37)(H,21,27,29)(H,22,28,30)/t11-,12-,13-,14-,15-,16-,36+/m1/s1. The number of aromatic nitrogens is 4. The Bertz CT molecular complexity index is 1430. The second-order valence-corrected chi connectivity index (χ2v) is 11.7. The van der Waals surface area contributed by atoms with Crippen LogP contribution in [0.4, 0.5) is 0 Å². The number of aryl methyl sites for hydroxylation is 2. The molecule has 4 rings (SSSR count). The summed E-state index contributed by atoms with van der Waals surface area (Å²) in [5.74, 6) is 0. The van der Waals surface area contributed by atoms with E-state index in [9.17, 15) is 34.0 Å². The zero-order valence-electron chi connectivity index (χ0n) is 19.8. The molecule has 0 aromatic carbocycles. The maximum absolute atomic E-state index is 12.9. The first-order valence-corrected chi connectivity index (χ1v) is 14.0. The lowest BCUT2D eigenvalue weighted by atomic mass is 10.2. The third kappa shape index (κ3) is 6.07. The number of ether oxygens (including phenoxy) is 2. The Labute approximate surface area is 213 Å². The monoisotopic (exact) mass is 562 g/mol. The highest BCUT2D eigenvalue weighted by Gasteiger charge is 2.42. The molecule has 2 fully saturated rings. The highest BCUT2D eigenvalue weighted by molar-refractivity contribution is 8.44. The maximum atomic E-state index is 12.9. The summed E-state index contributed by atoms with van der Waals surface area (Å²) in [5, 5.41) is 20.1. The molecule has 2 aromatic rings. The van der Waals surface area contributed by atoms with E-state index in [0.717, 1.165) is 9.13 Å². The lowest BCUT2D eigenvalue weighted by Crippen LogP contribution is -2.33. The molecule has 15 nitrogen and oxygen atoms in total. The fraction of sp³-hybridized carbons (Fsp3) is 0.600. The van der Waals surface area contributed by atoms with Gasteiger partial charge in [0.2, 0.25) is 0 Å². The number of thiol groups is 1. The molecule has 0 amide bonds. The Hall–Kier alpha value is -2.30. The maximum Gasteiger partial charge on any atom is 0.386 e. The molecule has 0 radical (unpaired) electrons. The van der Waals surface area contributed by atoms with Crippen LogP contribution >= 0.6 is 19.0 Å². The zero-order chi connectivity index (χ0) is 27.1. The van der Waals surface area contributed by atoms with Crippen LogP contribution in [0.1, 0.15) is 36.4 Å².